The van der Waals surface area contributed by atoms with E-state index < -0.39 is 41.8 Å². The molecule has 3 saturated heterocycles. The fourth-order valence-corrected chi connectivity index (χ4v) is 6.56. The maximum Gasteiger partial charge on any atom is 0.326 e. The Bertz CT molecular complexity index is 1790. The number of carbonyl (C=O) groups is 1. The van der Waals surface area contributed by atoms with Crippen LogP contribution in [0.15, 0.2) is 33.3 Å². The first-order chi connectivity index (χ1) is 21.1. The van der Waals surface area contributed by atoms with Crippen LogP contribution in [0.5, 0.6) is 5.88 Å². The number of carboxylic acids is 1. The number of nitrogens with zero attached hydrogens (tertiary/aromatic N) is 5. The number of furan rings is 1. The highest BCUT2D eigenvalue weighted by Crippen LogP contribution is 2.42. The maximum absolute atomic E-state index is 14.3. The second-order valence-electron chi connectivity index (χ2n) is 11.3. The van der Waals surface area contributed by atoms with Crippen LogP contribution in [0, 0.1) is 12.7 Å². The Morgan fingerprint density at radius 3 is 2.73 bits per heavy atom. The number of hydrogen-bond donors (Lipinski definition) is 1. The fraction of sp³-hybridized carbons (Fsp3) is 0.448. The van der Waals surface area contributed by atoms with Crippen LogP contribution < -0.4 is 14.5 Å². The van der Waals surface area contributed by atoms with Gasteiger partial charge in [-0.25, -0.2) is 32.9 Å². The lowest BCUT2D eigenvalue weighted by atomic mass is 9.90. The van der Waals surface area contributed by atoms with Crippen molar-refractivity contribution in [1.82, 2.24) is 15.0 Å². The molecule has 15 heteroatoms. The molecule has 3 atom stereocenters. The summed E-state index contributed by atoms with van der Waals surface area (Å²) in [6.45, 7) is 5.53. The molecule has 1 N–H and O–H groups in total. The van der Waals surface area contributed by atoms with Gasteiger partial charge in [-0.1, -0.05) is 0 Å². The molecule has 232 valence electrons. The van der Waals surface area contributed by atoms with Crippen LogP contribution in [0.1, 0.15) is 31.2 Å². The fourth-order valence-electron chi connectivity index (χ4n) is 6.24. The number of fused-ring (bicyclic) bond motifs is 3. The van der Waals surface area contributed by atoms with Crippen LogP contribution in [-0.4, -0.2) is 82.7 Å². The number of halogens is 4. The van der Waals surface area contributed by atoms with Gasteiger partial charge in [0.1, 0.15) is 40.4 Å². The number of benzene rings is 1. The number of anilines is 2. The summed E-state index contributed by atoms with van der Waals surface area (Å²) in [5.74, 6) is -2.36. The highest BCUT2D eigenvalue weighted by Gasteiger charge is 2.50. The molecular weight excluding hydrogens is 651 g/mol. The largest absolute Gasteiger partial charge is 0.480 e. The van der Waals surface area contributed by atoms with E-state index in [9.17, 15) is 23.1 Å². The zero-order valence-corrected chi connectivity index (χ0v) is 25.2. The molecule has 1 spiro atoms. The van der Waals surface area contributed by atoms with E-state index in [1.54, 1.807) is 6.20 Å². The molecule has 0 bridgehead atoms. The minimum atomic E-state index is -3.04. The number of hydrogen-bond acceptors (Lipinski definition) is 10. The van der Waals surface area contributed by atoms with Gasteiger partial charge in [-0.2, -0.15) is 0 Å². The summed E-state index contributed by atoms with van der Waals surface area (Å²) in [5, 5.41) is 10.5. The third-order valence-corrected chi connectivity index (χ3v) is 9.14. The standard InChI is InChI=1S/C29H27BrF3N5O6/c1-13-18(31)4-3-17-21-23(44-22(13)17)26(36-25(35-21)24(32)33)38-10-16(8-20(38)28(39)40)43-27-19(7-15(30)9-34-27)37-5-6-42-29(14(37)2)11-41-12-29/h3-4,7,9,14,16,20,24H,5-6,8,10-12H2,1-2H3,(H,39,40)/t14-,16-,20-/m0/s1. The number of morpholine rings is 1. The van der Waals surface area contributed by atoms with Crippen molar-refractivity contribution in [3.8, 4) is 5.88 Å². The Morgan fingerprint density at radius 2 is 2.02 bits per heavy atom. The second-order valence-corrected chi connectivity index (χ2v) is 12.2. The van der Waals surface area contributed by atoms with Crippen LogP contribution in [0.3, 0.4) is 0 Å². The molecule has 6 heterocycles. The molecule has 4 aromatic rings. The van der Waals surface area contributed by atoms with Crippen LogP contribution in [0.25, 0.3) is 22.1 Å². The van der Waals surface area contributed by atoms with E-state index >= 15 is 0 Å². The third kappa shape index (κ3) is 4.63. The van der Waals surface area contributed by atoms with Gasteiger partial charge in [0.2, 0.25) is 5.88 Å². The van der Waals surface area contributed by atoms with E-state index in [0.29, 0.717) is 43.3 Å². The number of aliphatic carboxylic acids is 1. The van der Waals surface area contributed by atoms with Crippen molar-refractivity contribution in [1.29, 1.82) is 0 Å². The van der Waals surface area contributed by atoms with Gasteiger partial charge in [0.25, 0.3) is 6.43 Å². The third-order valence-electron chi connectivity index (χ3n) is 8.71. The molecule has 0 radical (unpaired) electrons. The van der Waals surface area contributed by atoms with Crippen molar-refractivity contribution in [2.75, 3.05) is 42.7 Å². The number of rotatable bonds is 6. The first kappa shape index (κ1) is 29.0. The molecule has 3 aliphatic rings. The lowest BCUT2D eigenvalue weighted by molar-refractivity contribution is -0.228. The Labute approximate surface area is 257 Å². The predicted octanol–water partition coefficient (Wildman–Crippen LogP) is 5.02. The van der Waals surface area contributed by atoms with E-state index in [0.717, 1.165) is 4.47 Å². The average Bonchev–Trinajstić information content (AvgIpc) is 3.57. The molecule has 44 heavy (non-hydrogen) atoms. The second kappa shape index (κ2) is 10.7. The van der Waals surface area contributed by atoms with Gasteiger partial charge in [0.15, 0.2) is 17.2 Å². The minimum absolute atomic E-state index is 0.00630. The Balaban J connectivity index is 1.26. The first-order valence-corrected chi connectivity index (χ1v) is 14.8. The smallest absolute Gasteiger partial charge is 0.326 e. The minimum Gasteiger partial charge on any atom is -0.480 e. The van der Waals surface area contributed by atoms with Gasteiger partial charge >= 0.3 is 5.97 Å². The Hall–Kier alpha value is -3.69. The molecule has 11 nitrogen and oxygen atoms in total. The van der Waals surface area contributed by atoms with Gasteiger partial charge in [0, 0.05) is 34.6 Å². The highest BCUT2D eigenvalue weighted by atomic mass is 79.9. The lowest BCUT2D eigenvalue weighted by Gasteiger charge is -2.53. The molecule has 3 aromatic heterocycles. The Morgan fingerprint density at radius 1 is 1.23 bits per heavy atom. The van der Waals surface area contributed by atoms with Gasteiger partial charge in [0.05, 0.1) is 32.4 Å². The summed E-state index contributed by atoms with van der Waals surface area (Å²) in [7, 11) is 0. The molecule has 3 fully saturated rings. The van der Waals surface area contributed by atoms with Gasteiger partial charge in [-0.15, -0.1) is 0 Å². The molecule has 0 aliphatic carbocycles. The predicted molar refractivity (Wildman–Crippen MR) is 155 cm³/mol. The number of carboxylic acid groups (broad SMARTS) is 1. The average molecular weight is 678 g/mol. The molecule has 0 amide bonds. The summed E-state index contributed by atoms with van der Waals surface area (Å²) in [6.07, 6.45) is -2.15. The van der Waals surface area contributed by atoms with Crippen molar-refractivity contribution in [3.05, 3.63) is 46.1 Å². The zero-order chi connectivity index (χ0) is 30.9. The van der Waals surface area contributed by atoms with E-state index in [4.69, 9.17) is 18.6 Å². The quantitative estimate of drug-likeness (QED) is 0.296. The van der Waals surface area contributed by atoms with Crippen LogP contribution >= 0.6 is 15.9 Å². The number of alkyl halides is 2. The van der Waals surface area contributed by atoms with E-state index in [2.05, 4.69) is 35.8 Å². The maximum atomic E-state index is 14.3. The first-order valence-electron chi connectivity index (χ1n) is 14.0. The van der Waals surface area contributed by atoms with Crippen molar-refractivity contribution in [2.24, 2.45) is 0 Å². The number of ether oxygens (including phenoxy) is 3. The summed E-state index contributed by atoms with van der Waals surface area (Å²) in [5.41, 5.74) is 0.589. The van der Waals surface area contributed by atoms with Gasteiger partial charge < -0.3 is 33.5 Å². The van der Waals surface area contributed by atoms with Crippen molar-refractivity contribution < 1.29 is 41.7 Å². The number of aryl methyl sites for hydroxylation is 1. The number of aromatic nitrogens is 3. The van der Waals surface area contributed by atoms with Crippen molar-refractivity contribution in [2.45, 2.75) is 50.5 Å². The van der Waals surface area contributed by atoms with E-state index in [1.807, 2.05) is 13.0 Å². The van der Waals surface area contributed by atoms with Gasteiger partial charge in [-0.05, 0) is 48.0 Å². The molecule has 0 unspecified atom stereocenters. The highest BCUT2D eigenvalue weighted by molar-refractivity contribution is 9.10. The zero-order valence-electron chi connectivity index (χ0n) is 23.6. The van der Waals surface area contributed by atoms with E-state index in [1.165, 1.54) is 24.0 Å². The Kier molecular flexibility index (Phi) is 7.09. The summed E-state index contributed by atoms with van der Waals surface area (Å²) in [6, 6.07) is 3.24. The van der Waals surface area contributed by atoms with E-state index in [-0.39, 0.29) is 47.1 Å². The number of pyridine rings is 1. The van der Waals surface area contributed by atoms with Crippen molar-refractivity contribution in [3.63, 3.8) is 0 Å². The van der Waals surface area contributed by atoms with Crippen LogP contribution in [0.4, 0.5) is 24.7 Å². The SMILES string of the molecule is Cc1c(F)ccc2c1oc1c(N3C[C@@H](Oc4ncc(Br)cc4N4CCOC5(COC5)[C@@H]4C)C[C@H]3C(=O)O)nc(C(F)F)nc12. The molecule has 0 saturated carbocycles. The summed E-state index contributed by atoms with van der Waals surface area (Å²) >= 11 is 3.49. The summed E-state index contributed by atoms with van der Waals surface area (Å²) in [4.78, 5) is 28.6. The molecular formula is C29H27BrF3N5O6. The summed E-state index contributed by atoms with van der Waals surface area (Å²) < 4.78 is 66.9. The lowest BCUT2D eigenvalue weighted by Crippen LogP contribution is -2.68. The topological polar surface area (TPSA) is 123 Å². The van der Waals surface area contributed by atoms with Gasteiger partial charge in [-0.3, -0.25) is 0 Å². The molecule has 3 aliphatic heterocycles. The molecule has 1 aromatic carbocycles. The normalized spacial score (nSPS) is 23.2. The van der Waals surface area contributed by atoms with Crippen molar-refractivity contribution >= 4 is 55.5 Å². The monoisotopic (exact) mass is 677 g/mol. The van der Waals surface area contributed by atoms with Crippen LogP contribution in [-0.2, 0) is 14.3 Å². The molecule has 7 rings (SSSR count). The van der Waals surface area contributed by atoms with Crippen LogP contribution in [0.2, 0.25) is 0 Å².